The number of alkyl halides is 1. The normalized spacial score (nSPS) is 12.5. The number of aliphatic hydroxyl groups is 1. The lowest BCUT2D eigenvalue weighted by molar-refractivity contribution is 0.178. The molecule has 0 aromatic heterocycles. The van der Waals surface area contributed by atoms with Crippen molar-refractivity contribution in [3.8, 4) is 0 Å². The summed E-state index contributed by atoms with van der Waals surface area (Å²) in [6, 6.07) is 7.84. The Morgan fingerprint density at radius 3 is 2.50 bits per heavy atom. The van der Waals surface area contributed by atoms with Crippen LogP contribution in [-0.2, 0) is 0 Å². The number of rotatable bonds is 4. The molecule has 1 aromatic rings. The van der Waals surface area contributed by atoms with Crippen molar-refractivity contribution in [1.82, 2.24) is 0 Å². The Morgan fingerprint density at radius 1 is 1.43 bits per heavy atom. The van der Waals surface area contributed by atoms with E-state index >= 15 is 0 Å². The lowest BCUT2D eigenvalue weighted by atomic mass is 10.0. The Morgan fingerprint density at radius 2 is 2.00 bits per heavy atom. The van der Waals surface area contributed by atoms with E-state index in [0.29, 0.717) is 12.3 Å². The van der Waals surface area contributed by atoms with Crippen LogP contribution in [0.5, 0.6) is 0 Å². The first-order valence-corrected chi connectivity index (χ1v) is 5.14. The van der Waals surface area contributed by atoms with E-state index in [2.05, 4.69) is 6.58 Å². The van der Waals surface area contributed by atoms with Gasteiger partial charge in [0, 0.05) is 5.88 Å². The Kier molecular flexibility index (Phi) is 4.18. The topological polar surface area (TPSA) is 20.2 Å². The van der Waals surface area contributed by atoms with E-state index in [1.165, 1.54) is 5.56 Å². The van der Waals surface area contributed by atoms with Crippen molar-refractivity contribution < 1.29 is 5.11 Å². The molecular weight excluding hydrogens is 196 g/mol. The standard InChI is InChI=1S/C12H15ClO/c1-9-3-5-11(6-4-9)12(14)7-10(2)8-13/h3-6,12,14H,2,7-8H2,1H3. The molecule has 0 radical (unpaired) electrons. The molecule has 0 bridgehead atoms. The molecular formula is C12H15ClO. The zero-order chi connectivity index (χ0) is 10.6. The highest BCUT2D eigenvalue weighted by Crippen LogP contribution is 2.20. The van der Waals surface area contributed by atoms with E-state index in [1.807, 2.05) is 31.2 Å². The number of aliphatic hydroxyl groups excluding tert-OH is 1. The summed E-state index contributed by atoms with van der Waals surface area (Å²) in [6.07, 6.45) is 0.0499. The molecule has 1 aromatic carbocycles. The number of hydrogen-bond acceptors (Lipinski definition) is 1. The predicted molar refractivity (Wildman–Crippen MR) is 60.6 cm³/mol. The third-order valence-corrected chi connectivity index (χ3v) is 2.51. The average Bonchev–Trinajstić information content (AvgIpc) is 2.18. The summed E-state index contributed by atoms with van der Waals surface area (Å²) in [5.74, 6) is 0.406. The summed E-state index contributed by atoms with van der Waals surface area (Å²) in [5, 5.41) is 9.79. The molecule has 1 atom stereocenters. The molecule has 1 nitrogen and oxygen atoms in total. The van der Waals surface area contributed by atoms with E-state index in [1.54, 1.807) is 0 Å². The van der Waals surface area contributed by atoms with Crippen LogP contribution in [0.2, 0.25) is 0 Å². The molecule has 0 spiro atoms. The van der Waals surface area contributed by atoms with Crippen molar-refractivity contribution in [2.45, 2.75) is 19.4 Å². The monoisotopic (exact) mass is 210 g/mol. The van der Waals surface area contributed by atoms with Gasteiger partial charge in [0.2, 0.25) is 0 Å². The fraction of sp³-hybridized carbons (Fsp3) is 0.333. The zero-order valence-electron chi connectivity index (χ0n) is 8.33. The largest absolute Gasteiger partial charge is 0.388 e. The van der Waals surface area contributed by atoms with E-state index in [0.717, 1.165) is 11.1 Å². The fourth-order valence-electron chi connectivity index (χ4n) is 1.23. The smallest absolute Gasteiger partial charge is 0.0827 e. The van der Waals surface area contributed by atoms with Gasteiger partial charge in [-0.2, -0.15) is 0 Å². The summed E-state index contributed by atoms with van der Waals surface area (Å²) in [7, 11) is 0. The maximum atomic E-state index is 9.79. The first kappa shape index (κ1) is 11.3. The Bertz CT molecular complexity index is 303. The lowest BCUT2D eigenvalue weighted by Crippen LogP contribution is -1.99. The van der Waals surface area contributed by atoms with Crippen LogP contribution in [0, 0.1) is 6.92 Å². The van der Waals surface area contributed by atoms with Gasteiger partial charge in [0.15, 0.2) is 0 Å². The highest BCUT2D eigenvalue weighted by Gasteiger charge is 2.07. The Balaban J connectivity index is 2.65. The van der Waals surface area contributed by atoms with Crippen molar-refractivity contribution in [2.75, 3.05) is 5.88 Å². The van der Waals surface area contributed by atoms with Crippen LogP contribution in [0.4, 0.5) is 0 Å². The quantitative estimate of drug-likeness (QED) is 0.598. The molecule has 0 aliphatic rings. The van der Waals surface area contributed by atoms with Gasteiger partial charge >= 0.3 is 0 Å². The molecule has 0 heterocycles. The lowest BCUT2D eigenvalue weighted by Gasteiger charge is -2.11. The second-order valence-corrected chi connectivity index (χ2v) is 3.78. The van der Waals surface area contributed by atoms with Gasteiger partial charge in [0.25, 0.3) is 0 Å². The predicted octanol–water partition coefficient (Wildman–Crippen LogP) is 3.21. The maximum Gasteiger partial charge on any atom is 0.0827 e. The number of benzene rings is 1. The van der Waals surface area contributed by atoms with Gasteiger partial charge in [-0.3, -0.25) is 0 Å². The molecule has 2 heteroatoms. The molecule has 0 aliphatic carbocycles. The molecule has 0 saturated heterocycles. The molecule has 76 valence electrons. The fourth-order valence-corrected chi connectivity index (χ4v) is 1.34. The van der Waals surface area contributed by atoms with Crippen LogP contribution in [0.15, 0.2) is 36.4 Å². The second kappa shape index (κ2) is 5.18. The van der Waals surface area contributed by atoms with E-state index in [4.69, 9.17) is 11.6 Å². The van der Waals surface area contributed by atoms with Crippen molar-refractivity contribution in [3.63, 3.8) is 0 Å². The number of halogens is 1. The SMILES string of the molecule is C=C(CCl)CC(O)c1ccc(C)cc1. The summed E-state index contributed by atoms with van der Waals surface area (Å²) < 4.78 is 0. The molecule has 0 amide bonds. The Hall–Kier alpha value is -0.790. The van der Waals surface area contributed by atoms with Crippen LogP contribution in [-0.4, -0.2) is 11.0 Å². The molecule has 1 rings (SSSR count). The minimum absolute atomic E-state index is 0.406. The molecule has 1 N–H and O–H groups in total. The summed E-state index contributed by atoms with van der Waals surface area (Å²) in [5.41, 5.74) is 2.97. The van der Waals surface area contributed by atoms with Crippen molar-refractivity contribution in [2.24, 2.45) is 0 Å². The molecule has 0 saturated carbocycles. The van der Waals surface area contributed by atoms with E-state index in [-0.39, 0.29) is 0 Å². The van der Waals surface area contributed by atoms with Crippen LogP contribution in [0.3, 0.4) is 0 Å². The number of aryl methyl sites for hydroxylation is 1. The summed E-state index contributed by atoms with van der Waals surface area (Å²) in [6.45, 7) is 5.79. The van der Waals surface area contributed by atoms with Gasteiger partial charge in [-0.05, 0) is 18.9 Å². The average molecular weight is 211 g/mol. The van der Waals surface area contributed by atoms with Crippen molar-refractivity contribution in [1.29, 1.82) is 0 Å². The minimum atomic E-state index is -0.484. The van der Waals surface area contributed by atoms with Crippen molar-refractivity contribution in [3.05, 3.63) is 47.5 Å². The molecule has 0 aliphatic heterocycles. The first-order valence-electron chi connectivity index (χ1n) is 4.60. The highest BCUT2D eigenvalue weighted by molar-refractivity contribution is 6.19. The maximum absolute atomic E-state index is 9.79. The third-order valence-electron chi connectivity index (χ3n) is 2.13. The van der Waals surface area contributed by atoms with E-state index in [9.17, 15) is 5.11 Å². The second-order valence-electron chi connectivity index (χ2n) is 3.51. The van der Waals surface area contributed by atoms with Crippen molar-refractivity contribution >= 4 is 11.6 Å². The van der Waals surface area contributed by atoms with Crippen LogP contribution < -0.4 is 0 Å². The van der Waals surface area contributed by atoms with E-state index < -0.39 is 6.10 Å². The highest BCUT2D eigenvalue weighted by atomic mass is 35.5. The molecule has 1 unspecified atom stereocenters. The first-order chi connectivity index (χ1) is 6.63. The van der Waals surface area contributed by atoms with Gasteiger partial charge in [0.05, 0.1) is 6.10 Å². The third kappa shape index (κ3) is 3.17. The van der Waals surface area contributed by atoms with Gasteiger partial charge in [-0.1, -0.05) is 42.0 Å². The molecule has 14 heavy (non-hydrogen) atoms. The van der Waals surface area contributed by atoms with Gasteiger partial charge in [0.1, 0.15) is 0 Å². The van der Waals surface area contributed by atoms with Crippen LogP contribution in [0.25, 0.3) is 0 Å². The minimum Gasteiger partial charge on any atom is -0.388 e. The van der Waals surface area contributed by atoms with Gasteiger partial charge in [-0.15, -0.1) is 11.6 Å². The van der Waals surface area contributed by atoms with Gasteiger partial charge < -0.3 is 5.11 Å². The summed E-state index contributed by atoms with van der Waals surface area (Å²) >= 11 is 5.60. The van der Waals surface area contributed by atoms with Crippen LogP contribution >= 0.6 is 11.6 Å². The Labute approximate surface area is 90.0 Å². The summed E-state index contributed by atoms with van der Waals surface area (Å²) in [4.78, 5) is 0. The zero-order valence-corrected chi connectivity index (χ0v) is 9.09. The molecule has 0 fully saturated rings. The van der Waals surface area contributed by atoms with Crippen LogP contribution in [0.1, 0.15) is 23.7 Å². The van der Waals surface area contributed by atoms with Gasteiger partial charge in [-0.25, -0.2) is 0 Å². The number of hydrogen-bond donors (Lipinski definition) is 1.